The normalized spacial score (nSPS) is 12.6. The second kappa shape index (κ2) is 7.39. The van der Waals surface area contributed by atoms with E-state index in [1.54, 1.807) is 18.4 Å². The van der Waals surface area contributed by atoms with Crippen molar-refractivity contribution in [3.63, 3.8) is 0 Å². The molecule has 0 bridgehead atoms. The lowest BCUT2D eigenvalue weighted by Crippen LogP contribution is -2.36. The smallest absolute Gasteiger partial charge is 0.230 e. The SMILES string of the molecule is COC[C@H](C)NC(=O)CSc1nc(C)nc2sc(C)c(C)c12. The first-order valence-electron chi connectivity index (χ1n) is 7.07. The highest BCUT2D eigenvalue weighted by Gasteiger charge is 2.15. The molecule has 2 rings (SSSR count). The minimum absolute atomic E-state index is 0.00961. The van der Waals surface area contributed by atoms with Crippen LogP contribution in [0.25, 0.3) is 10.2 Å². The minimum atomic E-state index is -0.0106. The van der Waals surface area contributed by atoms with Crippen LogP contribution in [-0.2, 0) is 9.53 Å². The van der Waals surface area contributed by atoms with Gasteiger partial charge < -0.3 is 10.1 Å². The van der Waals surface area contributed by atoms with Gasteiger partial charge in [0.15, 0.2) is 0 Å². The Balaban J connectivity index is 2.13. The fraction of sp³-hybridized carbons (Fsp3) is 0.533. The molecule has 0 spiro atoms. The van der Waals surface area contributed by atoms with E-state index >= 15 is 0 Å². The first-order chi connectivity index (χ1) is 10.4. The van der Waals surface area contributed by atoms with Gasteiger partial charge in [-0.25, -0.2) is 9.97 Å². The number of nitrogens with one attached hydrogen (secondary N) is 1. The summed E-state index contributed by atoms with van der Waals surface area (Å²) in [5.41, 5.74) is 1.20. The molecule has 120 valence electrons. The number of amides is 1. The van der Waals surface area contributed by atoms with Crippen LogP contribution in [0.4, 0.5) is 0 Å². The summed E-state index contributed by atoms with van der Waals surface area (Å²) in [6, 6.07) is 0.00961. The number of aromatic nitrogens is 2. The van der Waals surface area contributed by atoms with Gasteiger partial charge in [0.25, 0.3) is 0 Å². The Bertz CT molecular complexity index is 685. The van der Waals surface area contributed by atoms with Crippen molar-refractivity contribution in [2.75, 3.05) is 19.5 Å². The number of carbonyl (C=O) groups excluding carboxylic acids is 1. The fourth-order valence-electron chi connectivity index (χ4n) is 2.16. The third-order valence-electron chi connectivity index (χ3n) is 3.27. The third-order valence-corrected chi connectivity index (χ3v) is 5.35. The molecule has 7 heteroatoms. The number of ether oxygens (including phenoxy) is 1. The van der Waals surface area contributed by atoms with Crippen molar-refractivity contribution in [1.29, 1.82) is 0 Å². The maximum Gasteiger partial charge on any atom is 0.230 e. The maximum atomic E-state index is 12.0. The van der Waals surface area contributed by atoms with E-state index in [4.69, 9.17) is 4.74 Å². The average molecular weight is 339 g/mol. The lowest BCUT2D eigenvalue weighted by Gasteiger charge is -2.12. The topological polar surface area (TPSA) is 64.1 Å². The number of methoxy groups -OCH3 is 1. The Morgan fingerprint density at radius 1 is 1.36 bits per heavy atom. The Hall–Kier alpha value is -1.18. The molecule has 2 aromatic rings. The second-order valence-electron chi connectivity index (χ2n) is 5.25. The van der Waals surface area contributed by atoms with Crippen molar-refractivity contribution in [2.24, 2.45) is 0 Å². The molecule has 0 aromatic carbocycles. The summed E-state index contributed by atoms with van der Waals surface area (Å²) in [7, 11) is 1.62. The third kappa shape index (κ3) is 3.97. The monoisotopic (exact) mass is 339 g/mol. The molecule has 0 unspecified atom stereocenters. The summed E-state index contributed by atoms with van der Waals surface area (Å²) in [5.74, 6) is 1.07. The van der Waals surface area contributed by atoms with Crippen molar-refractivity contribution in [3.8, 4) is 0 Å². The summed E-state index contributed by atoms with van der Waals surface area (Å²) in [4.78, 5) is 23.2. The maximum absolute atomic E-state index is 12.0. The van der Waals surface area contributed by atoms with E-state index in [0.29, 0.717) is 12.4 Å². The predicted molar refractivity (Wildman–Crippen MR) is 91.8 cm³/mol. The van der Waals surface area contributed by atoms with E-state index < -0.39 is 0 Å². The number of carbonyl (C=O) groups is 1. The zero-order valence-electron chi connectivity index (χ0n) is 13.5. The van der Waals surface area contributed by atoms with Crippen molar-refractivity contribution in [1.82, 2.24) is 15.3 Å². The Kier molecular flexibility index (Phi) is 5.77. The highest BCUT2D eigenvalue weighted by molar-refractivity contribution is 8.00. The van der Waals surface area contributed by atoms with Crippen LogP contribution in [0.3, 0.4) is 0 Å². The van der Waals surface area contributed by atoms with E-state index in [2.05, 4.69) is 29.1 Å². The highest BCUT2D eigenvalue weighted by atomic mass is 32.2. The number of fused-ring (bicyclic) bond motifs is 1. The molecule has 0 saturated carbocycles. The largest absolute Gasteiger partial charge is 0.383 e. The zero-order valence-corrected chi connectivity index (χ0v) is 15.2. The van der Waals surface area contributed by atoms with Gasteiger partial charge in [0.05, 0.1) is 12.4 Å². The van der Waals surface area contributed by atoms with E-state index in [0.717, 1.165) is 21.1 Å². The molecular formula is C15H21N3O2S2. The molecule has 2 aromatic heterocycles. The molecule has 0 saturated heterocycles. The number of thiophene rings is 1. The van der Waals surface area contributed by atoms with E-state index in [1.807, 2.05) is 13.8 Å². The molecule has 22 heavy (non-hydrogen) atoms. The number of hydrogen-bond acceptors (Lipinski definition) is 6. The van der Waals surface area contributed by atoms with E-state index in [-0.39, 0.29) is 11.9 Å². The second-order valence-corrected chi connectivity index (χ2v) is 7.42. The van der Waals surface area contributed by atoms with Gasteiger partial charge in [0.1, 0.15) is 15.7 Å². The zero-order chi connectivity index (χ0) is 16.3. The number of aryl methyl sites for hydroxylation is 3. The molecule has 0 aliphatic carbocycles. The lowest BCUT2D eigenvalue weighted by molar-refractivity contribution is -0.119. The van der Waals surface area contributed by atoms with Crippen LogP contribution in [0.5, 0.6) is 0 Å². The quantitative estimate of drug-likeness (QED) is 0.647. The Morgan fingerprint density at radius 2 is 2.09 bits per heavy atom. The Morgan fingerprint density at radius 3 is 2.77 bits per heavy atom. The predicted octanol–water partition coefficient (Wildman–Crippen LogP) is 2.86. The summed E-state index contributed by atoms with van der Waals surface area (Å²) in [6.07, 6.45) is 0. The van der Waals surface area contributed by atoms with Crippen LogP contribution in [-0.4, -0.2) is 41.4 Å². The van der Waals surface area contributed by atoms with Gasteiger partial charge in [0.2, 0.25) is 5.91 Å². The number of rotatable bonds is 6. The first kappa shape index (κ1) is 17.2. The van der Waals surface area contributed by atoms with Crippen molar-refractivity contribution >= 4 is 39.2 Å². The number of nitrogens with zero attached hydrogens (tertiary/aromatic N) is 2. The van der Waals surface area contributed by atoms with Crippen LogP contribution < -0.4 is 5.32 Å². The molecule has 0 radical (unpaired) electrons. The van der Waals surface area contributed by atoms with Crippen LogP contribution in [0.1, 0.15) is 23.2 Å². The van der Waals surface area contributed by atoms with E-state index in [9.17, 15) is 4.79 Å². The number of hydrogen-bond donors (Lipinski definition) is 1. The lowest BCUT2D eigenvalue weighted by atomic mass is 10.2. The van der Waals surface area contributed by atoms with Gasteiger partial charge in [-0.2, -0.15) is 0 Å². The summed E-state index contributed by atoms with van der Waals surface area (Å²) >= 11 is 3.14. The molecule has 1 atom stereocenters. The van der Waals surface area contributed by atoms with Crippen LogP contribution in [0.2, 0.25) is 0 Å². The van der Waals surface area contributed by atoms with Crippen LogP contribution in [0.15, 0.2) is 5.03 Å². The Labute approximate surface area is 138 Å². The van der Waals surface area contributed by atoms with Crippen LogP contribution >= 0.6 is 23.1 Å². The summed E-state index contributed by atoms with van der Waals surface area (Å²) in [6.45, 7) is 8.48. The van der Waals surface area contributed by atoms with Gasteiger partial charge in [-0.3, -0.25) is 4.79 Å². The molecular weight excluding hydrogens is 318 g/mol. The van der Waals surface area contributed by atoms with Gasteiger partial charge >= 0.3 is 0 Å². The van der Waals surface area contributed by atoms with Crippen molar-refractivity contribution in [3.05, 3.63) is 16.3 Å². The standard InChI is InChI=1S/C15H21N3O2S2/c1-8(6-20-5)16-12(19)7-21-14-13-9(2)10(3)22-15(13)18-11(4)17-14/h8H,6-7H2,1-5H3,(H,16,19)/t8-/m0/s1. The molecule has 2 heterocycles. The highest BCUT2D eigenvalue weighted by Crippen LogP contribution is 2.34. The van der Waals surface area contributed by atoms with Crippen LogP contribution in [0, 0.1) is 20.8 Å². The average Bonchev–Trinajstić information content (AvgIpc) is 2.71. The molecule has 0 aliphatic heterocycles. The van der Waals surface area contributed by atoms with Gasteiger partial charge in [-0.15, -0.1) is 11.3 Å². The van der Waals surface area contributed by atoms with Gasteiger partial charge in [-0.1, -0.05) is 11.8 Å². The fourth-order valence-corrected chi connectivity index (χ4v) is 4.24. The summed E-state index contributed by atoms with van der Waals surface area (Å²) < 4.78 is 5.02. The molecule has 1 amide bonds. The van der Waals surface area contributed by atoms with Crippen molar-refractivity contribution in [2.45, 2.75) is 38.8 Å². The minimum Gasteiger partial charge on any atom is -0.383 e. The first-order valence-corrected chi connectivity index (χ1v) is 8.88. The van der Waals surface area contributed by atoms with Gasteiger partial charge in [-0.05, 0) is 33.3 Å². The van der Waals surface area contributed by atoms with E-state index in [1.165, 1.54) is 22.2 Å². The van der Waals surface area contributed by atoms with Gasteiger partial charge in [0, 0.05) is 23.4 Å². The molecule has 0 aliphatic rings. The van der Waals surface area contributed by atoms with Crippen molar-refractivity contribution < 1.29 is 9.53 Å². The number of thioether (sulfide) groups is 1. The molecule has 1 N–H and O–H groups in total. The summed E-state index contributed by atoms with van der Waals surface area (Å²) in [5, 5.41) is 4.88. The molecule has 0 fully saturated rings. The molecule has 5 nitrogen and oxygen atoms in total.